The van der Waals surface area contributed by atoms with Gasteiger partial charge in [0.15, 0.2) is 0 Å². The maximum Gasteiger partial charge on any atom is 0.141 e. The predicted octanol–water partition coefficient (Wildman–Crippen LogP) is 2.73. The van der Waals surface area contributed by atoms with Gasteiger partial charge in [-0.25, -0.2) is 9.97 Å². The first-order chi connectivity index (χ1) is 11.3. The van der Waals surface area contributed by atoms with Crippen molar-refractivity contribution >= 4 is 22.4 Å². The molecule has 0 saturated carbocycles. The van der Waals surface area contributed by atoms with Gasteiger partial charge in [-0.15, -0.1) is 6.42 Å². The summed E-state index contributed by atoms with van der Waals surface area (Å²) in [7, 11) is 0. The molecule has 5 nitrogen and oxygen atoms in total. The third kappa shape index (κ3) is 3.39. The lowest BCUT2D eigenvalue weighted by Gasteiger charge is -2.10. The lowest BCUT2D eigenvalue weighted by atomic mass is 10.2. The summed E-state index contributed by atoms with van der Waals surface area (Å²) >= 11 is 0. The van der Waals surface area contributed by atoms with E-state index in [1.165, 1.54) is 6.33 Å². The molecule has 0 aliphatic heterocycles. The lowest BCUT2D eigenvalue weighted by molar-refractivity contribution is 0.201. The molecule has 0 aliphatic rings. The maximum atomic E-state index is 8.86. The number of terminal acetylenes is 1. The minimum Gasteiger partial charge on any atom is -0.491 e. The van der Waals surface area contributed by atoms with Crippen molar-refractivity contribution in [3.8, 4) is 18.1 Å². The molecule has 0 radical (unpaired) electrons. The molecule has 23 heavy (non-hydrogen) atoms. The average molecular weight is 305 g/mol. The van der Waals surface area contributed by atoms with Crippen LogP contribution >= 0.6 is 0 Å². The van der Waals surface area contributed by atoms with E-state index in [4.69, 9.17) is 16.3 Å². The van der Waals surface area contributed by atoms with E-state index in [2.05, 4.69) is 21.2 Å². The fourth-order valence-electron chi connectivity index (χ4n) is 2.21. The van der Waals surface area contributed by atoms with Crippen LogP contribution in [0.4, 0.5) is 11.5 Å². The van der Waals surface area contributed by atoms with Crippen molar-refractivity contribution in [1.29, 1.82) is 0 Å². The first-order valence-corrected chi connectivity index (χ1v) is 7.12. The van der Waals surface area contributed by atoms with E-state index in [-0.39, 0.29) is 13.2 Å². The molecule has 1 heterocycles. The van der Waals surface area contributed by atoms with Crippen LogP contribution in [0.1, 0.15) is 5.56 Å². The van der Waals surface area contributed by atoms with Gasteiger partial charge in [-0.3, -0.25) is 0 Å². The summed E-state index contributed by atoms with van der Waals surface area (Å²) < 4.78 is 5.45. The number of aliphatic hydroxyl groups is 1. The first-order valence-electron chi connectivity index (χ1n) is 7.12. The van der Waals surface area contributed by atoms with Crippen LogP contribution in [0.15, 0.2) is 48.8 Å². The van der Waals surface area contributed by atoms with E-state index in [1.807, 2.05) is 42.5 Å². The van der Waals surface area contributed by atoms with Gasteiger partial charge >= 0.3 is 0 Å². The lowest BCUT2D eigenvalue weighted by Crippen LogP contribution is -2.02. The van der Waals surface area contributed by atoms with Gasteiger partial charge in [0, 0.05) is 16.6 Å². The minimum absolute atomic E-state index is 0.0344. The highest BCUT2D eigenvalue weighted by Crippen LogP contribution is 2.26. The topological polar surface area (TPSA) is 67.3 Å². The van der Waals surface area contributed by atoms with E-state index in [0.29, 0.717) is 11.6 Å². The van der Waals surface area contributed by atoms with E-state index >= 15 is 0 Å². The number of nitrogens with zero attached hydrogens (tertiary/aromatic N) is 2. The fourth-order valence-corrected chi connectivity index (χ4v) is 2.21. The quantitative estimate of drug-likeness (QED) is 0.709. The van der Waals surface area contributed by atoms with Gasteiger partial charge in [0.25, 0.3) is 0 Å². The summed E-state index contributed by atoms with van der Waals surface area (Å²) in [5, 5.41) is 12.9. The van der Waals surface area contributed by atoms with Crippen LogP contribution in [-0.4, -0.2) is 28.3 Å². The van der Waals surface area contributed by atoms with Crippen molar-refractivity contribution in [3.05, 3.63) is 54.4 Å². The Balaban J connectivity index is 1.97. The standard InChI is InChI=1S/C18H15N3O2/c1-2-13-4-3-5-14(10-13)21-18-16-11-15(23-9-8-22)6-7-17(16)19-12-20-18/h1,3-7,10-12,22H,8-9H2,(H,19,20,21). The Morgan fingerprint density at radius 1 is 1.17 bits per heavy atom. The molecule has 0 unspecified atom stereocenters. The zero-order chi connectivity index (χ0) is 16.1. The number of hydrogen-bond donors (Lipinski definition) is 2. The molecular formula is C18H15N3O2. The number of hydrogen-bond acceptors (Lipinski definition) is 5. The molecule has 2 aromatic carbocycles. The molecule has 0 fully saturated rings. The summed E-state index contributed by atoms with van der Waals surface area (Å²) in [5.74, 6) is 3.93. The molecule has 0 amide bonds. The molecule has 3 aromatic rings. The van der Waals surface area contributed by atoms with Crippen LogP contribution in [0.3, 0.4) is 0 Å². The SMILES string of the molecule is C#Cc1cccc(Nc2ncnc3ccc(OCCO)cc23)c1. The Kier molecular flexibility index (Phi) is 4.37. The molecule has 114 valence electrons. The molecule has 2 N–H and O–H groups in total. The molecule has 1 aromatic heterocycles. The highest BCUT2D eigenvalue weighted by atomic mass is 16.5. The Labute approximate surface area is 134 Å². The monoisotopic (exact) mass is 305 g/mol. The van der Waals surface area contributed by atoms with Crippen molar-refractivity contribution in [1.82, 2.24) is 9.97 Å². The number of anilines is 2. The van der Waals surface area contributed by atoms with Crippen LogP contribution in [-0.2, 0) is 0 Å². The highest BCUT2D eigenvalue weighted by Gasteiger charge is 2.06. The molecule has 0 bridgehead atoms. The summed E-state index contributed by atoms with van der Waals surface area (Å²) in [6, 6.07) is 13.1. The summed E-state index contributed by atoms with van der Waals surface area (Å²) in [6.45, 7) is 0.208. The summed E-state index contributed by atoms with van der Waals surface area (Å²) in [4.78, 5) is 8.55. The van der Waals surface area contributed by atoms with Gasteiger partial charge in [0.1, 0.15) is 24.5 Å². The third-order valence-corrected chi connectivity index (χ3v) is 3.26. The van der Waals surface area contributed by atoms with Crippen molar-refractivity contribution in [2.75, 3.05) is 18.5 Å². The molecule has 3 rings (SSSR count). The van der Waals surface area contributed by atoms with Crippen molar-refractivity contribution in [3.63, 3.8) is 0 Å². The number of aromatic nitrogens is 2. The molecule has 0 aliphatic carbocycles. The summed E-state index contributed by atoms with van der Waals surface area (Å²) in [6.07, 6.45) is 6.93. The smallest absolute Gasteiger partial charge is 0.141 e. The van der Waals surface area contributed by atoms with E-state index in [1.54, 1.807) is 0 Å². The van der Waals surface area contributed by atoms with Crippen LogP contribution < -0.4 is 10.1 Å². The normalized spacial score (nSPS) is 10.3. The van der Waals surface area contributed by atoms with Crippen molar-refractivity contribution in [2.24, 2.45) is 0 Å². The zero-order valence-electron chi connectivity index (χ0n) is 12.4. The largest absolute Gasteiger partial charge is 0.491 e. The number of benzene rings is 2. The van der Waals surface area contributed by atoms with Gasteiger partial charge in [-0.2, -0.15) is 0 Å². The molecule has 0 spiro atoms. The predicted molar refractivity (Wildman–Crippen MR) is 89.8 cm³/mol. The Bertz CT molecular complexity index is 872. The first kappa shape index (κ1) is 14.8. The second-order valence-electron chi connectivity index (χ2n) is 4.82. The second kappa shape index (κ2) is 6.77. The van der Waals surface area contributed by atoms with Crippen LogP contribution in [0.2, 0.25) is 0 Å². The molecular weight excluding hydrogens is 290 g/mol. The second-order valence-corrected chi connectivity index (χ2v) is 4.82. The Morgan fingerprint density at radius 3 is 2.91 bits per heavy atom. The Morgan fingerprint density at radius 2 is 2.09 bits per heavy atom. The molecule has 0 saturated heterocycles. The van der Waals surface area contributed by atoms with Gasteiger partial charge < -0.3 is 15.2 Å². The number of fused-ring (bicyclic) bond motifs is 1. The van der Waals surface area contributed by atoms with Crippen LogP contribution in [0.25, 0.3) is 10.9 Å². The van der Waals surface area contributed by atoms with Crippen LogP contribution in [0, 0.1) is 12.3 Å². The number of aliphatic hydroxyl groups excluding tert-OH is 1. The van der Waals surface area contributed by atoms with Gasteiger partial charge in [0.05, 0.1) is 12.1 Å². The highest BCUT2D eigenvalue weighted by molar-refractivity contribution is 5.91. The molecule has 0 atom stereocenters. The number of nitrogens with one attached hydrogen (secondary N) is 1. The van der Waals surface area contributed by atoms with E-state index in [9.17, 15) is 0 Å². The van der Waals surface area contributed by atoms with E-state index in [0.717, 1.165) is 22.2 Å². The average Bonchev–Trinajstić information content (AvgIpc) is 2.60. The minimum atomic E-state index is -0.0344. The number of ether oxygens (including phenoxy) is 1. The number of rotatable bonds is 5. The zero-order valence-corrected chi connectivity index (χ0v) is 12.4. The van der Waals surface area contributed by atoms with E-state index < -0.39 is 0 Å². The Hall–Kier alpha value is -3.10. The third-order valence-electron chi connectivity index (χ3n) is 3.26. The fraction of sp³-hybridized carbons (Fsp3) is 0.111. The van der Waals surface area contributed by atoms with Crippen molar-refractivity contribution < 1.29 is 9.84 Å². The van der Waals surface area contributed by atoms with Crippen LogP contribution in [0.5, 0.6) is 5.75 Å². The van der Waals surface area contributed by atoms with Crippen molar-refractivity contribution in [2.45, 2.75) is 0 Å². The molecule has 5 heteroatoms. The van der Waals surface area contributed by atoms with Gasteiger partial charge in [-0.1, -0.05) is 12.0 Å². The maximum absolute atomic E-state index is 8.86. The summed E-state index contributed by atoms with van der Waals surface area (Å²) in [5.41, 5.74) is 2.44. The van der Waals surface area contributed by atoms with Gasteiger partial charge in [0.2, 0.25) is 0 Å². The van der Waals surface area contributed by atoms with Gasteiger partial charge in [-0.05, 0) is 36.4 Å².